The smallest absolute Gasteiger partial charge is 0.226 e. The predicted molar refractivity (Wildman–Crippen MR) is 117 cm³/mol. The van der Waals surface area contributed by atoms with Crippen LogP contribution in [0, 0.1) is 5.92 Å². The molecule has 148 valence electrons. The number of allylic oxidation sites excluding steroid dienone is 2. The molecule has 5 heteroatoms. The molecule has 4 rings (SSSR count). The summed E-state index contributed by atoms with van der Waals surface area (Å²) in [5.41, 5.74) is 3.85. The van der Waals surface area contributed by atoms with Gasteiger partial charge in [-0.3, -0.25) is 4.79 Å². The lowest BCUT2D eigenvalue weighted by Gasteiger charge is -2.24. The lowest BCUT2D eigenvalue weighted by atomic mass is 9.93. The van der Waals surface area contributed by atoms with Gasteiger partial charge in [-0.15, -0.1) is 0 Å². The van der Waals surface area contributed by atoms with E-state index in [4.69, 9.17) is 16.7 Å². The van der Waals surface area contributed by atoms with Gasteiger partial charge in [-0.05, 0) is 43.5 Å². The Kier molecular flexibility index (Phi) is 5.81. The van der Waals surface area contributed by atoms with E-state index in [0.717, 1.165) is 41.8 Å². The summed E-state index contributed by atoms with van der Waals surface area (Å²) in [5, 5.41) is 5.52. The fraction of sp³-hybridized carbons (Fsp3) is 0.250. The maximum atomic E-state index is 12.9. The van der Waals surface area contributed by atoms with E-state index in [1.807, 2.05) is 77.4 Å². The van der Waals surface area contributed by atoms with Gasteiger partial charge in [0, 0.05) is 41.9 Å². The first kappa shape index (κ1) is 19.5. The first-order chi connectivity index (χ1) is 14.1. The standard InChI is InChI=1S/C24H24ClN3O/c1-27(24(29)19-8-4-2-5-9-19)16-20-17-28(22-10-6-3-7-11-22)26-23(20)18-12-14-21(25)15-13-18/h2-4,6-7,10-15,17,19H,5,8-9,16H2,1H3. The number of carbonyl (C=O) groups is 1. The molecule has 0 N–H and O–H groups in total. The van der Waals surface area contributed by atoms with Crippen LogP contribution in [-0.4, -0.2) is 27.6 Å². The minimum absolute atomic E-state index is 0.0770. The van der Waals surface area contributed by atoms with Crippen LogP contribution < -0.4 is 0 Å². The highest BCUT2D eigenvalue weighted by atomic mass is 35.5. The third kappa shape index (κ3) is 4.43. The summed E-state index contributed by atoms with van der Waals surface area (Å²) in [6.45, 7) is 0.518. The molecule has 1 heterocycles. The molecular weight excluding hydrogens is 382 g/mol. The normalized spacial score (nSPS) is 16.0. The van der Waals surface area contributed by atoms with Crippen LogP contribution in [0.3, 0.4) is 0 Å². The molecular formula is C24H24ClN3O. The van der Waals surface area contributed by atoms with E-state index >= 15 is 0 Å². The van der Waals surface area contributed by atoms with Gasteiger partial charge in [-0.1, -0.05) is 54.1 Å². The zero-order valence-corrected chi connectivity index (χ0v) is 17.2. The quantitative estimate of drug-likeness (QED) is 0.525. The van der Waals surface area contributed by atoms with E-state index in [9.17, 15) is 4.79 Å². The molecule has 1 atom stereocenters. The van der Waals surface area contributed by atoms with Gasteiger partial charge in [-0.25, -0.2) is 4.68 Å². The zero-order valence-electron chi connectivity index (χ0n) is 16.5. The molecule has 1 amide bonds. The molecule has 4 nitrogen and oxygen atoms in total. The molecule has 1 aromatic heterocycles. The molecule has 2 aromatic carbocycles. The first-order valence-corrected chi connectivity index (χ1v) is 10.3. The van der Waals surface area contributed by atoms with Crippen molar-refractivity contribution in [3.05, 3.63) is 83.5 Å². The van der Waals surface area contributed by atoms with Gasteiger partial charge in [0.15, 0.2) is 0 Å². The second-order valence-electron chi connectivity index (χ2n) is 7.47. The van der Waals surface area contributed by atoms with Crippen molar-refractivity contribution in [2.45, 2.75) is 25.8 Å². The van der Waals surface area contributed by atoms with Crippen molar-refractivity contribution in [3.63, 3.8) is 0 Å². The van der Waals surface area contributed by atoms with E-state index in [1.54, 1.807) is 0 Å². The number of hydrogen-bond donors (Lipinski definition) is 0. The van der Waals surface area contributed by atoms with Gasteiger partial charge in [0.25, 0.3) is 0 Å². The van der Waals surface area contributed by atoms with Crippen LogP contribution in [0.1, 0.15) is 24.8 Å². The number of rotatable bonds is 5. The van der Waals surface area contributed by atoms with Crippen LogP contribution in [0.25, 0.3) is 16.9 Å². The summed E-state index contributed by atoms with van der Waals surface area (Å²) in [7, 11) is 1.88. The monoisotopic (exact) mass is 405 g/mol. The minimum atomic E-state index is 0.0770. The van der Waals surface area contributed by atoms with Crippen molar-refractivity contribution >= 4 is 17.5 Å². The fourth-order valence-corrected chi connectivity index (χ4v) is 3.88. The van der Waals surface area contributed by atoms with E-state index in [0.29, 0.717) is 11.6 Å². The maximum Gasteiger partial charge on any atom is 0.226 e. The van der Waals surface area contributed by atoms with E-state index in [2.05, 4.69) is 12.2 Å². The van der Waals surface area contributed by atoms with Gasteiger partial charge in [0.1, 0.15) is 0 Å². The lowest BCUT2D eigenvalue weighted by Crippen LogP contribution is -2.33. The Balaban J connectivity index is 1.65. The summed E-state index contributed by atoms with van der Waals surface area (Å²) in [5.74, 6) is 0.275. The Morgan fingerprint density at radius 1 is 1.14 bits per heavy atom. The Bertz CT molecular complexity index is 1010. The van der Waals surface area contributed by atoms with Crippen molar-refractivity contribution in [2.75, 3.05) is 7.05 Å². The Labute approximate surface area is 176 Å². The fourth-order valence-electron chi connectivity index (χ4n) is 3.75. The average Bonchev–Trinajstić information content (AvgIpc) is 3.18. The lowest BCUT2D eigenvalue weighted by molar-refractivity contribution is -0.134. The second-order valence-corrected chi connectivity index (χ2v) is 7.90. The molecule has 0 bridgehead atoms. The summed E-state index contributed by atoms with van der Waals surface area (Å²) < 4.78 is 1.88. The molecule has 29 heavy (non-hydrogen) atoms. The molecule has 0 saturated heterocycles. The van der Waals surface area contributed by atoms with Gasteiger partial charge in [0.2, 0.25) is 5.91 Å². The summed E-state index contributed by atoms with van der Waals surface area (Å²) in [6, 6.07) is 17.7. The number of halogens is 1. The van der Waals surface area contributed by atoms with Crippen LogP contribution >= 0.6 is 11.6 Å². The number of para-hydroxylation sites is 1. The van der Waals surface area contributed by atoms with Crippen molar-refractivity contribution < 1.29 is 4.79 Å². The van der Waals surface area contributed by atoms with Crippen molar-refractivity contribution in [1.29, 1.82) is 0 Å². The van der Waals surface area contributed by atoms with Crippen molar-refractivity contribution in [2.24, 2.45) is 5.92 Å². The number of benzene rings is 2. The molecule has 0 radical (unpaired) electrons. The highest BCUT2D eigenvalue weighted by molar-refractivity contribution is 6.30. The minimum Gasteiger partial charge on any atom is -0.341 e. The average molecular weight is 406 g/mol. The van der Waals surface area contributed by atoms with Crippen LogP contribution in [0.4, 0.5) is 0 Å². The van der Waals surface area contributed by atoms with Crippen LogP contribution in [0.2, 0.25) is 5.02 Å². The summed E-state index contributed by atoms with van der Waals surface area (Å²) >= 11 is 6.07. The molecule has 1 aliphatic carbocycles. The van der Waals surface area contributed by atoms with Gasteiger partial charge in [-0.2, -0.15) is 5.10 Å². The summed E-state index contributed by atoms with van der Waals surface area (Å²) in [6.07, 6.45) is 9.03. The Hall–Kier alpha value is -2.85. The van der Waals surface area contributed by atoms with E-state index < -0.39 is 0 Å². The third-order valence-corrected chi connectivity index (χ3v) is 5.58. The van der Waals surface area contributed by atoms with Crippen LogP contribution in [0.5, 0.6) is 0 Å². The number of nitrogens with zero attached hydrogens (tertiary/aromatic N) is 3. The molecule has 0 spiro atoms. The SMILES string of the molecule is CN(Cc1cn(-c2ccccc2)nc1-c1ccc(Cl)cc1)C(=O)C1CC=CCC1. The van der Waals surface area contributed by atoms with Crippen molar-refractivity contribution in [1.82, 2.24) is 14.7 Å². The molecule has 0 aliphatic heterocycles. The van der Waals surface area contributed by atoms with Gasteiger partial charge >= 0.3 is 0 Å². The highest BCUT2D eigenvalue weighted by Crippen LogP contribution is 2.27. The maximum absolute atomic E-state index is 12.9. The van der Waals surface area contributed by atoms with Gasteiger partial charge < -0.3 is 4.90 Å². The Morgan fingerprint density at radius 2 is 1.90 bits per heavy atom. The first-order valence-electron chi connectivity index (χ1n) is 9.91. The number of amides is 1. The van der Waals surface area contributed by atoms with E-state index in [1.165, 1.54) is 0 Å². The topological polar surface area (TPSA) is 38.1 Å². The highest BCUT2D eigenvalue weighted by Gasteiger charge is 2.24. The predicted octanol–water partition coefficient (Wildman–Crippen LogP) is 5.51. The molecule has 0 fully saturated rings. The second kappa shape index (κ2) is 8.66. The van der Waals surface area contributed by atoms with Crippen molar-refractivity contribution in [3.8, 4) is 16.9 Å². The van der Waals surface area contributed by atoms with Crippen LogP contribution in [-0.2, 0) is 11.3 Å². The molecule has 1 unspecified atom stereocenters. The number of aromatic nitrogens is 2. The number of hydrogen-bond acceptors (Lipinski definition) is 2. The zero-order chi connectivity index (χ0) is 20.2. The van der Waals surface area contributed by atoms with Gasteiger partial charge in [0.05, 0.1) is 11.4 Å². The molecule has 1 aliphatic rings. The number of carbonyl (C=O) groups excluding carboxylic acids is 1. The van der Waals surface area contributed by atoms with E-state index in [-0.39, 0.29) is 11.8 Å². The third-order valence-electron chi connectivity index (χ3n) is 5.33. The molecule has 0 saturated carbocycles. The largest absolute Gasteiger partial charge is 0.341 e. The van der Waals surface area contributed by atoms with Crippen LogP contribution in [0.15, 0.2) is 72.9 Å². The molecule has 3 aromatic rings. The Morgan fingerprint density at radius 3 is 2.59 bits per heavy atom. The summed E-state index contributed by atoms with van der Waals surface area (Å²) in [4.78, 5) is 14.7.